The van der Waals surface area contributed by atoms with E-state index in [9.17, 15) is 4.79 Å². The quantitative estimate of drug-likeness (QED) is 0.576. The third-order valence-corrected chi connectivity index (χ3v) is 4.59. The Kier molecular flexibility index (Phi) is 3.72. The summed E-state index contributed by atoms with van der Waals surface area (Å²) in [6, 6.07) is 9.81. The van der Waals surface area contributed by atoms with Crippen molar-refractivity contribution in [1.82, 2.24) is 23.7 Å². The third kappa shape index (κ3) is 2.65. The van der Waals surface area contributed by atoms with Crippen LogP contribution >= 0.6 is 0 Å². The van der Waals surface area contributed by atoms with Crippen LogP contribution in [0, 0.1) is 0 Å². The summed E-state index contributed by atoms with van der Waals surface area (Å²) >= 11 is 0. The number of fused-ring (bicyclic) bond motifs is 1. The molecular weight excluding hydrogens is 314 g/mol. The average Bonchev–Trinajstić information content (AvgIpc) is 3.25. The molecule has 0 bridgehead atoms. The molecule has 3 heterocycles. The lowest BCUT2D eigenvalue weighted by Gasteiger charge is -2.11. The number of benzene rings is 1. The van der Waals surface area contributed by atoms with Crippen LogP contribution in [0.3, 0.4) is 0 Å². The molecule has 0 spiro atoms. The Morgan fingerprint density at radius 2 is 1.84 bits per heavy atom. The van der Waals surface area contributed by atoms with Crippen LogP contribution < -0.4 is 5.56 Å². The molecule has 0 aliphatic rings. The maximum absolute atomic E-state index is 12.8. The zero-order valence-electron chi connectivity index (χ0n) is 14.3. The molecule has 6 nitrogen and oxygen atoms in total. The smallest absolute Gasteiger partial charge is 0.261 e. The van der Waals surface area contributed by atoms with E-state index in [2.05, 4.69) is 9.97 Å². The highest BCUT2D eigenvalue weighted by atomic mass is 16.1. The Morgan fingerprint density at radius 3 is 2.64 bits per heavy atom. The van der Waals surface area contributed by atoms with Gasteiger partial charge in [-0.15, -0.1) is 0 Å². The van der Waals surface area contributed by atoms with Crippen molar-refractivity contribution < 1.29 is 0 Å². The van der Waals surface area contributed by atoms with Crippen LogP contribution in [0.4, 0.5) is 0 Å². The molecule has 0 N–H and O–H groups in total. The van der Waals surface area contributed by atoms with Crippen molar-refractivity contribution in [3.8, 4) is 11.4 Å². The first-order valence-corrected chi connectivity index (χ1v) is 8.21. The molecule has 0 atom stereocenters. The first-order valence-electron chi connectivity index (χ1n) is 8.21. The lowest BCUT2D eigenvalue weighted by molar-refractivity contribution is 0.654. The van der Waals surface area contributed by atoms with Crippen LogP contribution in [0.5, 0.6) is 0 Å². The highest BCUT2D eigenvalue weighted by Crippen LogP contribution is 2.20. The Hall–Kier alpha value is -3.15. The van der Waals surface area contributed by atoms with Gasteiger partial charge >= 0.3 is 0 Å². The van der Waals surface area contributed by atoms with Crippen LogP contribution in [-0.4, -0.2) is 23.7 Å². The average molecular weight is 333 g/mol. The van der Waals surface area contributed by atoms with Crippen molar-refractivity contribution in [2.75, 3.05) is 0 Å². The molecule has 0 aliphatic heterocycles. The van der Waals surface area contributed by atoms with E-state index in [1.807, 2.05) is 58.9 Å². The number of aryl methyl sites for hydroxylation is 4. The molecular formula is C19H19N5O. The molecule has 3 aromatic heterocycles. The van der Waals surface area contributed by atoms with Gasteiger partial charge in [-0.1, -0.05) is 18.2 Å². The molecule has 0 saturated carbocycles. The van der Waals surface area contributed by atoms with Crippen LogP contribution in [0.2, 0.25) is 0 Å². The Morgan fingerprint density at radius 1 is 1.04 bits per heavy atom. The molecule has 6 heteroatoms. The largest absolute Gasteiger partial charge is 0.338 e. The fraction of sp³-hybridized carbons (Fsp3) is 0.211. The second kappa shape index (κ2) is 6.05. The summed E-state index contributed by atoms with van der Waals surface area (Å²) < 4.78 is 5.70. The number of hydrogen-bond acceptors (Lipinski definition) is 3. The van der Waals surface area contributed by atoms with E-state index in [0.29, 0.717) is 11.4 Å². The van der Waals surface area contributed by atoms with Gasteiger partial charge in [-0.25, -0.2) is 9.97 Å². The maximum atomic E-state index is 12.8. The summed E-state index contributed by atoms with van der Waals surface area (Å²) in [6.45, 7) is 0.718. The van der Waals surface area contributed by atoms with Gasteiger partial charge in [0.25, 0.3) is 5.56 Å². The number of imidazole rings is 2. The predicted octanol–water partition coefficient (Wildman–Crippen LogP) is 2.38. The Bertz CT molecular complexity index is 1100. The van der Waals surface area contributed by atoms with Crippen LogP contribution in [0.15, 0.2) is 59.9 Å². The minimum absolute atomic E-state index is 0.0388. The predicted molar refractivity (Wildman–Crippen MR) is 97.3 cm³/mol. The summed E-state index contributed by atoms with van der Waals surface area (Å²) in [4.78, 5) is 21.6. The number of rotatable bonds is 4. The van der Waals surface area contributed by atoms with Crippen LogP contribution in [0.25, 0.3) is 22.3 Å². The van der Waals surface area contributed by atoms with Gasteiger partial charge in [-0.3, -0.25) is 4.79 Å². The molecule has 0 aliphatic carbocycles. The van der Waals surface area contributed by atoms with Gasteiger partial charge in [0.15, 0.2) is 0 Å². The monoisotopic (exact) mass is 333 g/mol. The Balaban J connectivity index is 1.75. The summed E-state index contributed by atoms with van der Waals surface area (Å²) in [5.41, 5.74) is 1.50. The van der Waals surface area contributed by atoms with Crippen molar-refractivity contribution in [3.05, 3.63) is 71.3 Å². The van der Waals surface area contributed by atoms with Crippen LogP contribution in [0.1, 0.15) is 5.82 Å². The van der Waals surface area contributed by atoms with E-state index in [4.69, 9.17) is 0 Å². The van der Waals surface area contributed by atoms with E-state index in [1.54, 1.807) is 24.0 Å². The molecule has 126 valence electrons. The lowest BCUT2D eigenvalue weighted by Crippen LogP contribution is -2.20. The summed E-state index contributed by atoms with van der Waals surface area (Å²) in [7, 11) is 3.78. The number of hydrogen-bond donors (Lipinski definition) is 0. The van der Waals surface area contributed by atoms with Gasteiger partial charge in [0.2, 0.25) is 0 Å². The molecule has 0 radical (unpaired) electrons. The lowest BCUT2D eigenvalue weighted by atomic mass is 10.1. The SMILES string of the molecule is Cn1ccnc1CCn1ccnc1-c1cc2ccccc2n(C)c1=O. The zero-order chi connectivity index (χ0) is 17.4. The number of pyridine rings is 1. The number of nitrogens with zero attached hydrogens (tertiary/aromatic N) is 5. The van der Waals surface area contributed by atoms with Gasteiger partial charge in [-0.2, -0.15) is 0 Å². The first-order chi connectivity index (χ1) is 12.1. The van der Waals surface area contributed by atoms with E-state index < -0.39 is 0 Å². The normalized spacial score (nSPS) is 11.3. The molecule has 0 fully saturated rings. The molecule has 0 saturated heterocycles. The fourth-order valence-corrected chi connectivity index (χ4v) is 3.17. The van der Waals surface area contributed by atoms with Crippen LogP contribution in [-0.2, 0) is 27.1 Å². The van der Waals surface area contributed by atoms with Crippen molar-refractivity contribution in [2.45, 2.75) is 13.0 Å². The standard InChI is InChI=1S/C19H19N5O/c1-22-11-8-20-17(22)7-10-24-12-9-21-18(24)15-13-14-5-3-4-6-16(14)23(2)19(15)25/h3-6,8-9,11-13H,7,10H2,1-2H3. The molecule has 0 amide bonds. The Labute approximate surface area is 145 Å². The minimum Gasteiger partial charge on any atom is -0.338 e. The third-order valence-electron chi connectivity index (χ3n) is 4.59. The highest BCUT2D eigenvalue weighted by Gasteiger charge is 2.14. The van der Waals surface area contributed by atoms with Gasteiger partial charge in [-0.05, 0) is 17.5 Å². The van der Waals surface area contributed by atoms with Crippen molar-refractivity contribution in [2.24, 2.45) is 14.1 Å². The zero-order valence-corrected chi connectivity index (χ0v) is 14.3. The van der Waals surface area contributed by atoms with Gasteiger partial charge < -0.3 is 13.7 Å². The molecule has 0 unspecified atom stereocenters. The van der Waals surface area contributed by atoms with E-state index >= 15 is 0 Å². The van der Waals surface area contributed by atoms with Gasteiger partial charge in [0.05, 0.1) is 11.1 Å². The minimum atomic E-state index is -0.0388. The van der Waals surface area contributed by atoms with Gasteiger partial charge in [0, 0.05) is 51.8 Å². The van der Waals surface area contributed by atoms with Gasteiger partial charge in [0.1, 0.15) is 11.6 Å². The van der Waals surface area contributed by atoms with Crippen molar-refractivity contribution >= 4 is 10.9 Å². The van der Waals surface area contributed by atoms with E-state index in [0.717, 1.165) is 29.7 Å². The fourth-order valence-electron chi connectivity index (χ4n) is 3.17. The summed E-state index contributed by atoms with van der Waals surface area (Å²) in [6.07, 6.45) is 8.16. The molecule has 4 rings (SSSR count). The number of para-hydroxylation sites is 1. The molecule has 1 aromatic carbocycles. The second-order valence-electron chi connectivity index (χ2n) is 6.13. The summed E-state index contributed by atoms with van der Waals surface area (Å²) in [5, 5.41) is 1.03. The van der Waals surface area contributed by atoms with E-state index in [1.165, 1.54) is 0 Å². The van der Waals surface area contributed by atoms with E-state index in [-0.39, 0.29) is 5.56 Å². The highest BCUT2D eigenvalue weighted by molar-refractivity contribution is 5.83. The second-order valence-corrected chi connectivity index (χ2v) is 6.13. The molecule has 25 heavy (non-hydrogen) atoms. The maximum Gasteiger partial charge on any atom is 0.261 e. The number of aromatic nitrogens is 5. The van der Waals surface area contributed by atoms with Crippen molar-refractivity contribution in [1.29, 1.82) is 0 Å². The molecule has 4 aromatic rings. The first kappa shape index (κ1) is 15.4. The summed E-state index contributed by atoms with van der Waals surface area (Å²) in [5.74, 6) is 1.70. The topological polar surface area (TPSA) is 57.6 Å². The van der Waals surface area contributed by atoms with Crippen molar-refractivity contribution in [3.63, 3.8) is 0 Å².